The van der Waals surface area contributed by atoms with Crippen molar-refractivity contribution in [3.63, 3.8) is 0 Å². The van der Waals surface area contributed by atoms with Gasteiger partial charge in [-0.15, -0.1) is 0 Å². The first-order valence-electron chi connectivity index (χ1n) is 19.7. The van der Waals surface area contributed by atoms with Gasteiger partial charge in [0.05, 0.1) is 13.2 Å². The van der Waals surface area contributed by atoms with Crippen LogP contribution in [0.25, 0.3) is 0 Å². The highest BCUT2D eigenvalue weighted by Crippen LogP contribution is 2.10. The number of esters is 1. The highest BCUT2D eigenvalue weighted by Gasteiger charge is 2.13. The molecule has 1 unspecified atom stereocenters. The smallest absolute Gasteiger partial charge is 0.306 e. The molecule has 0 aliphatic carbocycles. The second kappa shape index (κ2) is 40.7. The lowest BCUT2D eigenvalue weighted by atomic mass is 10.1. The molecule has 0 spiro atoms. The summed E-state index contributed by atoms with van der Waals surface area (Å²) in [7, 11) is 0. The van der Waals surface area contributed by atoms with E-state index in [1.165, 1.54) is 70.6 Å². The average Bonchev–Trinajstić information content (AvgIpc) is 3.09. The molecule has 1 atom stereocenters. The Morgan fingerprint density at radius 3 is 1.44 bits per heavy atom. The zero-order valence-electron chi connectivity index (χ0n) is 31.2. The molecule has 0 saturated heterocycles. The Balaban J connectivity index is 3.60. The zero-order chi connectivity index (χ0) is 34.9. The monoisotopic (exact) mass is 667 g/mol. The Bertz CT molecular complexity index is 876. The van der Waals surface area contributed by atoms with Gasteiger partial charge in [-0.05, 0) is 89.9 Å². The third kappa shape index (κ3) is 38.0. The first-order valence-corrected chi connectivity index (χ1v) is 19.7. The maximum Gasteiger partial charge on any atom is 0.306 e. The molecule has 48 heavy (non-hydrogen) atoms. The molecular formula is C44H74O4. The summed E-state index contributed by atoms with van der Waals surface area (Å²) in [5.74, 6) is -0.248. The number of carbonyl (C=O) groups excluding carboxylic acids is 1. The molecule has 0 radical (unpaired) electrons. The summed E-state index contributed by atoms with van der Waals surface area (Å²) >= 11 is 0. The molecule has 0 fully saturated rings. The van der Waals surface area contributed by atoms with Crippen molar-refractivity contribution in [1.29, 1.82) is 0 Å². The van der Waals surface area contributed by atoms with Gasteiger partial charge in [0.1, 0.15) is 6.10 Å². The van der Waals surface area contributed by atoms with Gasteiger partial charge in [-0.2, -0.15) is 0 Å². The fourth-order valence-electron chi connectivity index (χ4n) is 5.03. The maximum atomic E-state index is 12.2. The van der Waals surface area contributed by atoms with Crippen molar-refractivity contribution in [2.75, 3.05) is 19.8 Å². The number of aliphatic hydroxyl groups is 1. The Labute approximate surface area is 297 Å². The fraction of sp³-hybridized carbons (Fsp3) is 0.659. The quantitative estimate of drug-likeness (QED) is 0.0415. The van der Waals surface area contributed by atoms with Crippen molar-refractivity contribution in [2.45, 2.75) is 168 Å². The molecule has 0 aromatic rings. The van der Waals surface area contributed by atoms with Crippen molar-refractivity contribution in [3.8, 4) is 0 Å². The fourth-order valence-corrected chi connectivity index (χ4v) is 5.03. The number of rotatable bonds is 35. The molecule has 0 aromatic carbocycles. The summed E-state index contributed by atoms with van der Waals surface area (Å²) in [5, 5.41) is 9.57. The van der Waals surface area contributed by atoms with Crippen LogP contribution >= 0.6 is 0 Å². The molecular weight excluding hydrogens is 592 g/mol. The summed E-state index contributed by atoms with van der Waals surface area (Å²) in [6.07, 6.45) is 56.3. The summed E-state index contributed by atoms with van der Waals surface area (Å²) in [5.41, 5.74) is 0. The molecule has 1 N–H and O–H groups in total. The minimum Gasteiger partial charge on any atom is -0.457 e. The summed E-state index contributed by atoms with van der Waals surface area (Å²) in [6.45, 7) is 5.15. The lowest BCUT2D eigenvalue weighted by Crippen LogP contribution is -2.27. The standard InChI is InChI=1S/C44H74O4/c1-3-5-7-9-11-13-15-17-19-20-21-22-23-24-25-27-29-31-33-35-37-39-44(46)48-43(41-45)42-47-40-38-36-34-32-30-28-26-18-16-14-12-10-8-6-4-2/h5,7,11,13,16-19,21-22,24-25,29,31,43,45H,3-4,6,8-10,12,14-15,20,23,26-28,30,32-42H2,1-2H3/b7-5-,13-11-,18-16-,19-17-,22-21-,25-24-,31-29-. The molecule has 4 nitrogen and oxygen atoms in total. The predicted molar refractivity (Wildman–Crippen MR) is 209 cm³/mol. The lowest BCUT2D eigenvalue weighted by molar-refractivity contribution is -0.154. The summed E-state index contributed by atoms with van der Waals surface area (Å²) in [4.78, 5) is 12.2. The van der Waals surface area contributed by atoms with Crippen molar-refractivity contribution < 1.29 is 19.4 Å². The molecule has 0 amide bonds. The molecule has 0 aliphatic rings. The first kappa shape index (κ1) is 45.6. The second-order valence-corrected chi connectivity index (χ2v) is 12.6. The number of hydrogen-bond acceptors (Lipinski definition) is 4. The van der Waals surface area contributed by atoms with Gasteiger partial charge in [-0.1, -0.05) is 150 Å². The van der Waals surface area contributed by atoms with Gasteiger partial charge >= 0.3 is 5.97 Å². The Kier molecular flexibility index (Phi) is 38.7. The summed E-state index contributed by atoms with van der Waals surface area (Å²) < 4.78 is 11.1. The van der Waals surface area contributed by atoms with Crippen LogP contribution in [0, 0.1) is 0 Å². The van der Waals surface area contributed by atoms with E-state index >= 15 is 0 Å². The van der Waals surface area contributed by atoms with Crippen LogP contribution in [0.5, 0.6) is 0 Å². The summed E-state index contributed by atoms with van der Waals surface area (Å²) in [6, 6.07) is 0. The Morgan fingerprint density at radius 2 is 0.938 bits per heavy atom. The number of ether oxygens (including phenoxy) is 2. The third-order valence-corrected chi connectivity index (χ3v) is 7.95. The van der Waals surface area contributed by atoms with E-state index in [9.17, 15) is 9.90 Å². The van der Waals surface area contributed by atoms with Gasteiger partial charge in [-0.25, -0.2) is 0 Å². The molecule has 0 aliphatic heterocycles. The minimum atomic E-state index is -0.565. The molecule has 0 saturated carbocycles. The van der Waals surface area contributed by atoms with E-state index in [1.807, 2.05) is 0 Å². The highest BCUT2D eigenvalue weighted by molar-refractivity contribution is 5.69. The van der Waals surface area contributed by atoms with E-state index in [0.717, 1.165) is 70.6 Å². The molecule has 0 heterocycles. The largest absolute Gasteiger partial charge is 0.457 e. The molecule has 274 valence electrons. The average molecular weight is 667 g/mol. The van der Waals surface area contributed by atoms with E-state index in [-0.39, 0.29) is 19.2 Å². The van der Waals surface area contributed by atoms with Crippen LogP contribution in [-0.4, -0.2) is 37.0 Å². The Hall–Kier alpha value is -2.43. The number of hydrogen-bond donors (Lipinski definition) is 1. The van der Waals surface area contributed by atoms with E-state index < -0.39 is 6.10 Å². The third-order valence-electron chi connectivity index (χ3n) is 7.95. The second-order valence-electron chi connectivity index (χ2n) is 12.6. The maximum absolute atomic E-state index is 12.2. The molecule has 4 heteroatoms. The van der Waals surface area contributed by atoms with Crippen molar-refractivity contribution in [2.24, 2.45) is 0 Å². The van der Waals surface area contributed by atoms with E-state index in [4.69, 9.17) is 9.47 Å². The van der Waals surface area contributed by atoms with Crippen LogP contribution in [-0.2, 0) is 14.3 Å². The number of carbonyl (C=O) groups is 1. The number of unbranched alkanes of at least 4 members (excludes halogenated alkanes) is 13. The van der Waals surface area contributed by atoms with Gasteiger partial charge in [-0.3, -0.25) is 4.79 Å². The lowest BCUT2D eigenvalue weighted by Gasteiger charge is -2.15. The topological polar surface area (TPSA) is 55.8 Å². The van der Waals surface area contributed by atoms with Crippen molar-refractivity contribution in [3.05, 3.63) is 85.1 Å². The highest BCUT2D eigenvalue weighted by atomic mass is 16.6. The predicted octanol–water partition coefficient (Wildman–Crippen LogP) is 12.8. The van der Waals surface area contributed by atoms with Crippen LogP contribution in [0.4, 0.5) is 0 Å². The minimum absolute atomic E-state index is 0.197. The SMILES string of the molecule is CC/C=C\C/C=C\C/C=C\C/C=C\C/C=C\C/C=C\CCCCC(=O)OC(CO)COCCCCCCCC/C=C\CCCCCCC. The van der Waals surface area contributed by atoms with Crippen LogP contribution in [0.1, 0.15) is 162 Å². The van der Waals surface area contributed by atoms with Gasteiger partial charge in [0.2, 0.25) is 0 Å². The van der Waals surface area contributed by atoms with Gasteiger partial charge in [0.25, 0.3) is 0 Å². The molecule has 0 rings (SSSR count). The molecule has 0 bridgehead atoms. The van der Waals surface area contributed by atoms with E-state index in [2.05, 4.69) is 98.9 Å². The van der Waals surface area contributed by atoms with Crippen LogP contribution in [0.3, 0.4) is 0 Å². The van der Waals surface area contributed by atoms with Crippen LogP contribution < -0.4 is 0 Å². The van der Waals surface area contributed by atoms with Gasteiger partial charge in [0.15, 0.2) is 0 Å². The molecule has 0 aromatic heterocycles. The Morgan fingerprint density at radius 1 is 0.521 bits per heavy atom. The van der Waals surface area contributed by atoms with Gasteiger partial charge < -0.3 is 14.6 Å². The van der Waals surface area contributed by atoms with Crippen LogP contribution in [0.2, 0.25) is 0 Å². The van der Waals surface area contributed by atoms with Crippen molar-refractivity contribution >= 4 is 5.97 Å². The van der Waals surface area contributed by atoms with E-state index in [1.54, 1.807) is 0 Å². The number of aliphatic hydroxyl groups excluding tert-OH is 1. The van der Waals surface area contributed by atoms with Crippen LogP contribution in [0.15, 0.2) is 85.1 Å². The first-order chi connectivity index (χ1) is 23.7. The normalized spacial score (nSPS) is 13.3. The zero-order valence-corrected chi connectivity index (χ0v) is 31.2. The van der Waals surface area contributed by atoms with Crippen molar-refractivity contribution in [1.82, 2.24) is 0 Å². The van der Waals surface area contributed by atoms with Gasteiger partial charge in [0, 0.05) is 13.0 Å². The number of allylic oxidation sites excluding steroid dienone is 14. The van der Waals surface area contributed by atoms with E-state index in [0.29, 0.717) is 13.0 Å².